The summed E-state index contributed by atoms with van der Waals surface area (Å²) in [5.74, 6) is -0.599. The molecule has 0 aliphatic heterocycles. The van der Waals surface area contributed by atoms with E-state index >= 15 is 0 Å². The number of aromatic nitrogens is 2. The first-order valence-electron chi connectivity index (χ1n) is 5.54. The lowest BCUT2D eigenvalue weighted by Gasteiger charge is -2.07. The second kappa shape index (κ2) is 5.49. The fourth-order valence-electron chi connectivity index (χ4n) is 1.70. The molecular weight excluding hydrogens is 333 g/mol. The molecule has 0 radical (unpaired) electrons. The topological polar surface area (TPSA) is 78.0 Å². The van der Waals surface area contributed by atoms with Gasteiger partial charge >= 0.3 is 0 Å². The smallest absolute Gasteiger partial charge is 0.274 e. The Morgan fingerprint density at radius 3 is 2.85 bits per heavy atom. The monoisotopic (exact) mass is 341 g/mol. The highest BCUT2D eigenvalue weighted by Crippen LogP contribution is 2.20. The van der Waals surface area contributed by atoms with Gasteiger partial charge in [-0.15, -0.1) is 0 Å². The third kappa shape index (κ3) is 2.74. The van der Waals surface area contributed by atoms with Crippen molar-refractivity contribution < 1.29 is 9.31 Å². The molecule has 0 atom stereocenters. The third-order valence-electron chi connectivity index (χ3n) is 2.74. The van der Waals surface area contributed by atoms with Crippen LogP contribution in [0, 0.1) is 22.9 Å². The predicted octanol–water partition coefficient (Wildman–Crippen LogP) is 2.41. The molecule has 6 nitrogen and oxygen atoms in total. The van der Waals surface area contributed by atoms with Crippen LogP contribution in [0.2, 0.25) is 0 Å². The van der Waals surface area contributed by atoms with Gasteiger partial charge in [-0.3, -0.25) is 19.5 Å². The molecule has 0 saturated heterocycles. The van der Waals surface area contributed by atoms with Crippen LogP contribution in [0.25, 0.3) is 0 Å². The molecule has 0 amide bonds. The molecule has 20 heavy (non-hydrogen) atoms. The first kappa shape index (κ1) is 14.3. The van der Waals surface area contributed by atoms with E-state index in [-0.39, 0.29) is 27.8 Å². The molecule has 0 N–H and O–H groups in total. The van der Waals surface area contributed by atoms with Crippen molar-refractivity contribution in [1.29, 1.82) is 0 Å². The summed E-state index contributed by atoms with van der Waals surface area (Å²) in [6.07, 6.45) is 1.27. The Balaban J connectivity index is 2.50. The van der Waals surface area contributed by atoms with Crippen LogP contribution in [0.3, 0.4) is 0 Å². The summed E-state index contributed by atoms with van der Waals surface area (Å²) in [5.41, 5.74) is 0.000650. The molecule has 2 aromatic rings. The van der Waals surface area contributed by atoms with Gasteiger partial charge in [-0.2, -0.15) is 0 Å². The van der Waals surface area contributed by atoms with E-state index in [4.69, 9.17) is 0 Å². The fourth-order valence-corrected chi connectivity index (χ4v) is 2.03. The number of nitrogens with zero attached hydrogens (tertiary/aromatic N) is 3. The van der Waals surface area contributed by atoms with Crippen molar-refractivity contribution in [2.75, 3.05) is 0 Å². The minimum atomic E-state index is -0.615. The summed E-state index contributed by atoms with van der Waals surface area (Å²) in [7, 11) is 0. The molecular formula is C12H9BrFN3O3. The van der Waals surface area contributed by atoms with E-state index in [1.54, 1.807) is 6.92 Å². The highest BCUT2D eigenvalue weighted by molar-refractivity contribution is 9.10. The number of rotatable bonds is 3. The van der Waals surface area contributed by atoms with Gasteiger partial charge in [-0.05, 0) is 35.0 Å². The number of hydrogen-bond acceptors (Lipinski definition) is 4. The summed E-state index contributed by atoms with van der Waals surface area (Å²) in [6, 6.07) is 3.12. The Hall–Kier alpha value is -2.09. The average Bonchev–Trinajstić information content (AvgIpc) is 2.39. The molecule has 0 fully saturated rings. The van der Waals surface area contributed by atoms with Crippen molar-refractivity contribution in [3.05, 3.63) is 66.5 Å². The standard InChI is InChI=1S/C12H9BrFN3O3/c1-7-11(13)12(18)16(6-15-7)5-8-4-9(14)2-3-10(8)17(19)20/h2-4,6H,5H2,1H3. The normalized spacial score (nSPS) is 10.6. The SMILES string of the molecule is Cc1ncn(Cc2cc(F)ccc2[N+](=O)[O-])c(=O)c1Br. The van der Waals surface area contributed by atoms with Gasteiger partial charge < -0.3 is 0 Å². The number of nitro benzene ring substituents is 1. The quantitative estimate of drug-likeness (QED) is 0.634. The van der Waals surface area contributed by atoms with Gasteiger partial charge in [-0.25, -0.2) is 9.37 Å². The van der Waals surface area contributed by atoms with E-state index in [9.17, 15) is 19.3 Å². The molecule has 0 bridgehead atoms. The molecule has 1 aromatic carbocycles. The van der Waals surface area contributed by atoms with Crippen molar-refractivity contribution in [3.63, 3.8) is 0 Å². The van der Waals surface area contributed by atoms with E-state index in [0.717, 1.165) is 18.2 Å². The van der Waals surface area contributed by atoms with Crippen LogP contribution >= 0.6 is 15.9 Å². The van der Waals surface area contributed by atoms with Crippen molar-refractivity contribution in [2.24, 2.45) is 0 Å². The number of aryl methyl sites for hydroxylation is 1. The second-order valence-electron chi connectivity index (χ2n) is 4.11. The number of halogens is 2. The zero-order valence-electron chi connectivity index (χ0n) is 10.3. The molecule has 104 valence electrons. The molecule has 0 unspecified atom stereocenters. The van der Waals surface area contributed by atoms with Crippen LogP contribution in [-0.4, -0.2) is 14.5 Å². The van der Waals surface area contributed by atoms with Gasteiger partial charge in [0.1, 0.15) is 10.3 Å². The minimum Gasteiger partial charge on any atom is -0.294 e. The Bertz CT molecular complexity index is 745. The predicted molar refractivity (Wildman–Crippen MR) is 73.1 cm³/mol. The summed E-state index contributed by atoms with van der Waals surface area (Å²) < 4.78 is 14.7. The molecule has 1 aromatic heterocycles. The molecule has 2 rings (SSSR count). The Morgan fingerprint density at radius 1 is 1.50 bits per heavy atom. The van der Waals surface area contributed by atoms with Gasteiger partial charge in [0.15, 0.2) is 0 Å². The zero-order chi connectivity index (χ0) is 14.9. The van der Waals surface area contributed by atoms with Crippen LogP contribution in [0.15, 0.2) is 33.8 Å². The van der Waals surface area contributed by atoms with Gasteiger partial charge in [0.05, 0.1) is 29.1 Å². The summed E-state index contributed by atoms with van der Waals surface area (Å²) in [5, 5.41) is 10.9. The lowest BCUT2D eigenvalue weighted by molar-refractivity contribution is -0.385. The van der Waals surface area contributed by atoms with E-state index in [2.05, 4.69) is 20.9 Å². The maximum atomic E-state index is 13.2. The van der Waals surface area contributed by atoms with Crippen LogP contribution in [0.4, 0.5) is 10.1 Å². The lowest BCUT2D eigenvalue weighted by Crippen LogP contribution is -2.23. The highest BCUT2D eigenvalue weighted by atomic mass is 79.9. The maximum absolute atomic E-state index is 13.2. The largest absolute Gasteiger partial charge is 0.294 e. The van der Waals surface area contributed by atoms with Gasteiger partial charge in [0.2, 0.25) is 0 Å². The van der Waals surface area contributed by atoms with Crippen LogP contribution in [0.1, 0.15) is 11.3 Å². The first-order chi connectivity index (χ1) is 9.40. The first-order valence-corrected chi connectivity index (χ1v) is 6.34. The highest BCUT2D eigenvalue weighted by Gasteiger charge is 2.16. The van der Waals surface area contributed by atoms with Gasteiger partial charge in [0, 0.05) is 6.07 Å². The van der Waals surface area contributed by atoms with Crippen LogP contribution in [-0.2, 0) is 6.54 Å². The minimum absolute atomic E-state index is 0.106. The number of nitro groups is 1. The van der Waals surface area contributed by atoms with Crippen LogP contribution < -0.4 is 5.56 Å². The zero-order valence-corrected chi connectivity index (χ0v) is 11.9. The molecule has 8 heteroatoms. The molecule has 0 aliphatic carbocycles. The summed E-state index contributed by atoms with van der Waals surface area (Å²) in [4.78, 5) is 26.2. The Kier molecular flexibility index (Phi) is 3.93. The van der Waals surface area contributed by atoms with E-state index < -0.39 is 10.7 Å². The van der Waals surface area contributed by atoms with Crippen molar-refractivity contribution >= 4 is 21.6 Å². The van der Waals surface area contributed by atoms with Gasteiger partial charge in [0.25, 0.3) is 11.2 Å². The Morgan fingerprint density at radius 2 is 2.20 bits per heavy atom. The van der Waals surface area contributed by atoms with Gasteiger partial charge in [-0.1, -0.05) is 0 Å². The van der Waals surface area contributed by atoms with Crippen molar-refractivity contribution in [3.8, 4) is 0 Å². The van der Waals surface area contributed by atoms with Crippen molar-refractivity contribution in [1.82, 2.24) is 9.55 Å². The van der Waals surface area contributed by atoms with Crippen molar-refractivity contribution in [2.45, 2.75) is 13.5 Å². The molecule has 1 heterocycles. The van der Waals surface area contributed by atoms with E-state index in [1.807, 2.05) is 0 Å². The molecule has 0 saturated carbocycles. The third-order valence-corrected chi connectivity index (χ3v) is 3.65. The second-order valence-corrected chi connectivity index (χ2v) is 4.90. The maximum Gasteiger partial charge on any atom is 0.274 e. The Labute approximate surface area is 121 Å². The molecule has 0 aliphatic rings. The lowest BCUT2D eigenvalue weighted by atomic mass is 10.1. The van der Waals surface area contributed by atoms with E-state index in [0.29, 0.717) is 5.69 Å². The fraction of sp³-hybridized carbons (Fsp3) is 0.167. The average molecular weight is 342 g/mol. The summed E-state index contributed by atoms with van der Waals surface area (Å²) >= 11 is 3.10. The number of benzene rings is 1. The summed E-state index contributed by atoms with van der Waals surface area (Å²) in [6.45, 7) is 1.53. The van der Waals surface area contributed by atoms with E-state index in [1.165, 1.54) is 10.9 Å². The number of hydrogen-bond donors (Lipinski definition) is 0. The molecule has 0 spiro atoms. The van der Waals surface area contributed by atoms with Crippen LogP contribution in [0.5, 0.6) is 0 Å².